The number of nitrogens with one attached hydrogen (secondary N) is 5. The maximum absolute atomic E-state index is 12.5. The van der Waals surface area contributed by atoms with E-state index in [2.05, 4.69) is 67.5 Å². The number of aromatic amines is 2. The third-order valence-electron chi connectivity index (χ3n) is 9.33. The van der Waals surface area contributed by atoms with Crippen LogP contribution < -0.4 is 16.0 Å². The second-order valence-electron chi connectivity index (χ2n) is 16.0. The van der Waals surface area contributed by atoms with Crippen LogP contribution in [0, 0.1) is 13.8 Å². The molecule has 0 unspecified atom stereocenters. The highest BCUT2D eigenvalue weighted by atomic mass is 16.3. The Morgan fingerprint density at radius 1 is 0.704 bits per heavy atom. The summed E-state index contributed by atoms with van der Waals surface area (Å²) in [5.41, 5.74) is 11.5. The molecular formula is C41H48N10O3. The SMILES string of the molecule is Cc1nc2cccc(-c3cc4c([nH]3)CCN(CO)C4=O)c2nc1NC(C)(C)C.Cc1nc2cccc(-c3cc4c([nH]3)CCNC4=O)c2nc1NC(C)(C)C. The molecule has 0 spiro atoms. The van der Waals surface area contributed by atoms with Crippen LogP contribution in [0.1, 0.15) is 85.0 Å². The van der Waals surface area contributed by atoms with Gasteiger partial charge in [0.15, 0.2) is 0 Å². The van der Waals surface area contributed by atoms with E-state index in [-0.39, 0.29) is 29.6 Å². The molecule has 2 amide bonds. The number of hydrogen-bond donors (Lipinski definition) is 6. The number of aliphatic hydroxyl groups excluding tert-OH is 1. The number of aromatic nitrogens is 6. The molecule has 2 aliphatic rings. The van der Waals surface area contributed by atoms with Crippen LogP contribution in [0.5, 0.6) is 0 Å². The van der Waals surface area contributed by atoms with E-state index < -0.39 is 0 Å². The van der Waals surface area contributed by atoms with Crippen molar-refractivity contribution in [2.75, 3.05) is 30.5 Å². The standard InChI is InChI=1S/C21H25N5O2.C20H23N5O/c1-12-19(25-21(2,3)4)24-18-13(6-5-7-16(18)22-12)17-10-14-15(23-17)8-9-26(11-27)20(14)28;1-11-18(25-20(2,3)4)24-17-12(6-5-7-15(17)22-11)16-10-13-14(23-16)8-9-21-19(13)26/h5-7,10,23,27H,8-9,11H2,1-4H3,(H,24,25);5-7,10,23H,8-9H2,1-4H3,(H,21,26)(H,24,25). The van der Waals surface area contributed by atoms with E-state index in [1.807, 2.05) is 62.4 Å². The first-order valence-electron chi connectivity index (χ1n) is 18.3. The topological polar surface area (TPSA) is 177 Å². The summed E-state index contributed by atoms with van der Waals surface area (Å²) >= 11 is 0. The Labute approximate surface area is 314 Å². The number of rotatable bonds is 5. The zero-order chi connectivity index (χ0) is 38.5. The number of aliphatic hydroxyl groups is 1. The van der Waals surface area contributed by atoms with Crippen LogP contribution in [0.3, 0.4) is 0 Å². The summed E-state index contributed by atoms with van der Waals surface area (Å²) in [6.07, 6.45) is 1.50. The Balaban J connectivity index is 0.000000167. The fraction of sp³-hybridized carbons (Fsp3) is 0.366. The Morgan fingerprint density at radius 2 is 1.20 bits per heavy atom. The van der Waals surface area contributed by atoms with Crippen molar-refractivity contribution < 1.29 is 14.7 Å². The number of benzene rings is 2. The lowest BCUT2D eigenvalue weighted by Crippen LogP contribution is -2.37. The minimum Gasteiger partial charge on any atom is -0.376 e. The zero-order valence-electron chi connectivity index (χ0n) is 32.2. The molecule has 0 aliphatic carbocycles. The van der Waals surface area contributed by atoms with Gasteiger partial charge in [-0.25, -0.2) is 19.9 Å². The highest BCUT2D eigenvalue weighted by molar-refractivity contribution is 6.01. The maximum Gasteiger partial charge on any atom is 0.257 e. The third kappa shape index (κ3) is 7.36. The van der Waals surface area contributed by atoms with Gasteiger partial charge in [-0.15, -0.1) is 0 Å². The van der Waals surface area contributed by atoms with Crippen molar-refractivity contribution in [1.82, 2.24) is 40.1 Å². The van der Waals surface area contributed by atoms with E-state index in [4.69, 9.17) is 19.9 Å². The van der Waals surface area contributed by atoms with E-state index in [0.29, 0.717) is 25.1 Å². The number of aryl methyl sites for hydroxylation is 2. The van der Waals surface area contributed by atoms with Gasteiger partial charge in [0, 0.05) is 70.9 Å². The molecule has 6 heterocycles. The Kier molecular flexibility index (Phi) is 9.38. The van der Waals surface area contributed by atoms with Crippen molar-refractivity contribution in [3.05, 3.63) is 82.4 Å². The molecule has 6 aromatic rings. The number of carbonyl (C=O) groups excluding carboxylic acids is 2. The van der Waals surface area contributed by atoms with Crippen molar-refractivity contribution in [2.24, 2.45) is 0 Å². The number of H-pyrrole nitrogens is 2. The first-order valence-corrected chi connectivity index (χ1v) is 18.3. The summed E-state index contributed by atoms with van der Waals surface area (Å²) in [7, 11) is 0. The van der Waals surface area contributed by atoms with E-state index in [1.165, 1.54) is 4.90 Å². The molecule has 0 saturated carbocycles. The maximum atomic E-state index is 12.5. The van der Waals surface area contributed by atoms with Crippen LogP contribution in [0.4, 0.5) is 11.6 Å². The number of anilines is 2. The molecule has 13 heteroatoms. The van der Waals surface area contributed by atoms with Crippen molar-refractivity contribution in [1.29, 1.82) is 0 Å². The van der Waals surface area contributed by atoms with Gasteiger partial charge >= 0.3 is 0 Å². The molecule has 0 bridgehead atoms. The lowest BCUT2D eigenvalue weighted by Gasteiger charge is -2.24. The molecule has 0 radical (unpaired) electrons. The number of amides is 2. The third-order valence-corrected chi connectivity index (χ3v) is 9.33. The lowest BCUT2D eigenvalue weighted by atomic mass is 10.1. The van der Waals surface area contributed by atoms with E-state index in [0.717, 1.165) is 91.0 Å². The molecule has 0 atom stereocenters. The molecule has 8 rings (SSSR count). The van der Waals surface area contributed by atoms with Gasteiger partial charge in [-0.2, -0.15) is 0 Å². The molecule has 6 N–H and O–H groups in total. The summed E-state index contributed by atoms with van der Waals surface area (Å²) in [6, 6.07) is 15.6. The summed E-state index contributed by atoms with van der Waals surface area (Å²) in [5, 5.41) is 19.1. The molecule has 54 heavy (non-hydrogen) atoms. The van der Waals surface area contributed by atoms with E-state index >= 15 is 0 Å². The van der Waals surface area contributed by atoms with Gasteiger partial charge < -0.3 is 35.9 Å². The summed E-state index contributed by atoms with van der Waals surface area (Å²) in [5.74, 6) is 1.37. The average molecular weight is 729 g/mol. The Hall–Kier alpha value is -5.82. The smallest absolute Gasteiger partial charge is 0.257 e. The van der Waals surface area contributed by atoms with E-state index in [9.17, 15) is 14.7 Å². The molecule has 0 saturated heterocycles. The van der Waals surface area contributed by atoms with Crippen LogP contribution in [0.25, 0.3) is 44.6 Å². The van der Waals surface area contributed by atoms with Crippen LogP contribution in [-0.4, -0.2) is 82.6 Å². The predicted molar refractivity (Wildman–Crippen MR) is 213 cm³/mol. The van der Waals surface area contributed by atoms with Crippen molar-refractivity contribution in [3.8, 4) is 22.5 Å². The molecule has 2 aromatic carbocycles. The van der Waals surface area contributed by atoms with Gasteiger partial charge in [-0.3, -0.25) is 9.59 Å². The van der Waals surface area contributed by atoms with Crippen molar-refractivity contribution in [2.45, 2.75) is 79.3 Å². The minimum absolute atomic E-state index is 0.0222. The van der Waals surface area contributed by atoms with Crippen LogP contribution in [0.15, 0.2) is 48.5 Å². The molecule has 280 valence electrons. The van der Waals surface area contributed by atoms with Gasteiger partial charge in [-0.05, 0) is 79.7 Å². The second-order valence-corrected chi connectivity index (χ2v) is 16.0. The highest BCUT2D eigenvalue weighted by Gasteiger charge is 2.27. The molecule has 4 aromatic heterocycles. The van der Waals surface area contributed by atoms with Gasteiger partial charge in [-0.1, -0.05) is 24.3 Å². The first kappa shape index (κ1) is 36.5. The number of hydrogen-bond acceptors (Lipinski definition) is 9. The van der Waals surface area contributed by atoms with Crippen molar-refractivity contribution >= 4 is 45.5 Å². The summed E-state index contributed by atoms with van der Waals surface area (Å²) in [6.45, 7) is 17.4. The summed E-state index contributed by atoms with van der Waals surface area (Å²) < 4.78 is 0. The number of carbonyl (C=O) groups is 2. The van der Waals surface area contributed by atoms with E-state index in [1.54, 1.807) is 0 Å². The fourth-order valence-electron chi connectivity index (χ4n) is 6.84. The van der Waals surface area contributed by atoms with Gasteiger partial charge in [0.25, 0.3) is 11.8 Å². The van der Waals surface area contributed by atoms with Gasteiger partial charge in [0.2, 0.25) is 0 Å². The van der Waals surface area contributed by atoms with Crippen LogP contribution in [0.2, 0.25) is 0 Å². The largest absolute Gasteiger partial charge is 0.376 e. The first-order chi connectivity index (χ1) is 25.6. The number of nitrogens with zero attached hydrogens (tertiary/aromatic N) is 5. The predicted octanol–water partition coefficient (Wildman–Crippen LogP) is 6.52. The quantitative estimate of drug-likeness (QED) is 0.115. The molecular weight excluding hydrogens is 681 g/mol. The molecule has 0 fully saturated rings. The average Bonchev–Trinajstić information content (AvgIpc) is 3.74. The lowest BCUT2D eigenvalue weighted by molar-refractivity contribution is 0.0534. The fourth-order valence-corrected chi connectivity index (χ4v) is 6.84. The minimum atomic E-state index is -0.264. The van der Waals surface area contributed by atoms with Gasteiger partial charge in [0.1, 0.15) is 29.4 Å². The normalized spacial score (nSPS) is 14.4. The number of para-hydroxylation sites is 2. The zero-order valence-corrected chi connectivity index (χ0v) is 32.2. The second kappa shape index (κ2) is 13.9. The number of fused-ring (bicyclic) bond motifs is 4. The van der Waals surface area contributed by atoms with Crippen molar-refractivity contribution in [3.63, 3.8) is 0 Å². The molecule has 13 nitrogen and oxygen atoms in total. The Bertz CT molecular complexity index is 2410. The molecule has 2 aliphatic heterocycles. The Morgan fingerprint density at radius 3 is 1.69 bits per heavy atom. The monoisotopic (exact) mass is 728 g/mol. The van der Waals surface area contributed by atoms with Crippen LogP contribution >= 0.6 is 0 Å². The highest BCUT2D eigenvalue weighted by Crippen LogP contribution is 2.33. The van der Waals surface area contributed by atoms with Gasteiger partial charge in [0.05, 0.1) is 33.5 Å². The van der Waals surface area contributed by atoms with Crippen LogP contribution in [-0.2, 0) is 12.8 Å². The summed E-state index contributed by atoms with van der Waals surface area (Å²) in [4.78, 5) is 52.0.